The van der Waals surface area contributed by atoms with Crippen LogP contribution in [-0.4, -0.2) is 0 Å². The van der Waals surface area contributed by atoms with Crippen LogP contribution in [0.15, 0.2) is 30.3 Å². The molecule has 0 aliphatic heterocycles. The smallest absolute Gasteiger partial charge is 0.0405 e. The molecule has 1 heteroatoms. The van der Waals surface area contributed by atoms with E-state index in [9.17, 15) is 0 Å². The number of benzene rings is 1. The maximum atomic E-state index is 5.54. The molecule has 1 aromatic carbocycles. The second-order valence-electron chi connectivity index (χ2n) is 1.30. The highest BCUT2D eigenvalue weighted by atomic mass is 35.5. The standard InChI is InChI=1S/C6H5Cl/c7-6-4-2-1-3-5-6/h1-5H/i1+2,2+2,3+2,4+2,5+2,6+2. The van der Waals surface area contributed by atoms with E-state index in [-0.39, 0.29) is 0 Å². The second kappa shape index (κ2) is 1.99. The molecule has 1 rings (SSSR count). The van der Waals surface area contributed by atoms with Crippen LogP contribution < -0.4 is 0 Å². The average molecular weight is 125 g/mol. The maximum absolute atomic E-state index is 5.54. The van der Waals surface area contributed by atoms with E-state index in [0.717, 1.165) is 5.02 Å². The van der Waals surface area contributed by atoms with Gasteiger partial charge in [-0.05, 0) is 12.1 Å². The summed E-state index contributed by atoms with van der Waals surface area (Å²) in [5, 5.41) is 0.794. The van der Waals surface area contributed by atoms with Crippen LogP contribution in [0.5, 0.6) is 0 Å². The molecule has 0 unspecified atom stereocenters. The van der Waals surface area contributed by atoms with Gasteiger partial charge in [0.1, 0.15) is 0 Å². The van der Waals surface area contributed by atoms with Crippen molar-refractivity contribution in [3.05, 3.63) is 35.4 Å². The van der Waals surface area contributed by atoms with Gasteiger partial charge in [-0.1, -0.05) is 29.8 Å². The first-order chi connectivity index (χ1) is 3.39. The summed E-state index contributed by atoms with van der Waals surface area (Å²) < 4.78 is 0. The summed E-state index contributed by atoms with van der Waals surface area (Å²) in [5.74, 6) is 0. The van der Waals surface area contributed by atoms with Gasteiger partial charge < -0.3 is 0 Å². The van der Waals surface area contributed by atoms with Crippen molar-refractivity contribution >= 4 is 11.6 Å². The fourth-order valence-corrected chi connectivity index (χ4v) is 0.560. The van der Waals surface area contributed by atoms with Gasteiger partial charge in [-0.3, -0.25) is 0 Å². The van der Waals surface area contributed by atoms with Crippen LogP contribution in [0.3, 0.4) is 0 Å². The maximum Gasteiger partial charge on any atom is 0.0405 e. The second-order valence-corrected chi connectivity index (χ2v) is 1.73. The SMILES string of the molecule is Cl[14c]1[14cH][14cH][14cH][14cH][14cH]1. The van der Waals surface area contributed by atoms with Crippen molar-refractivity contribution in [1.82, 2.24) is 0 Å². The van der Waals surface area contributed by atoms with Crippen LogP contribution in [0.25, 0.3) is 0 Å². The molecule has 0 aliphatic carbocycles. The van der Waals surface area contributed by atoms with E-state index in [1.54, 1.807) is 0 Å². The highest BCUT2D eigenvalue weighted by Crippen LogP contribution is 2.03. The van der Waals surface area contributed by atoms with Crippen LogP contribution in [0.2, 0.25) is 5.02 Å². The van der Waals surface area contributed by atoms with E-state index in [1.165, 1.54) is 0 Å². The van der Waals surface area contributed by atoms with Crippen molar-refractivity contribution in [2.24, 2.45) is 0 Å². The van der Waals surface area contributed by atoms with Crippen molar-refractivity contribution in [3.63, 3.8) is 0 Å². The number of rotatable bonds is 0. The minimum Gasteiger partial charge on any atom is -0.0843 e. The predicted octanol–water partition coefficient (Wildman–Crippen LogP) is 2.34. The summed E-state index contributed by atoms with van der Waals surface area (Å²) in [5.41, 5.74) is 0. The molecule has 0 atom stereocenters. The summed E-state index contributed by atoms with van der Waals surface area (Å²) >= 11 is 5.54. The molecule has 0 spiro atoms. The van der Waals surface area contributed by atoms with E-state index >= 15 is 0 Å². The van der Waals surface area contributed by atoms with Gasteiger partial charge in [0.15, 0.2) is 0 Å². The van der Waals surface area contributed by atoms with Crippen molar-refractivity contribution in [2.75, 3.05) is 0 Å². The lowest BCUT2D eigenvalue weighted by molar-refractivity contribution is 1.71. The minimum atomic E-state index is 0.794. The summed E-state index contributed by atoms with van der Waals surface area (Å²) in [7, 11) is 0. The monoisotopic (exact) mass is 124 g/mol. The molecule has 0 saturated heterocycles. The summed E-state index contributed by atoms with van der Waals surface area (Å²) in [6.45, 7) is 0. The lowest BCUT2D eigenvalue weighted by atomic mass is 12.4. The Morgan fingerprint density at radius 2 is 1.57 bits per heavy atom. The van der Waals surface area contributed by atoms with Gasteiger partial charge in [0.2, 0.25) is 0 Å². The molecule has 0 radical (unpaired) electrons. The van der Waals surface area contributed by atoms with E-state index < -0.39 is 0 Å². The van der Waals surface area contributed by atoms with Gasteiger partial charge in [0.05, 0.1) is 0 Å². The third kappa shape index (κ3) is 1.20. The topological polar surface area (TPSA) is 0 Å². The molecule has 0 fully saturated rings. The van der Waals surface area contributed by atoms with E-state index in [0.29, 0.717) is 0 Å². The van der Waals surface area contributed by atoms with Crippen molar-refractivity contribution in [1.29, 1.82) is 0 Å². The highest BCUT2D eigenvalue weighted by Gasteiger charge is 1.74. The van der Waals surface area contributed by atoms with Crippen LogP contribution in [0.1, 0.15) is 0 Å². The first-order valence-electron chi connectivity index (χ1n) is 2.10. The average Bonchev–Trinajstić information content (AvgIpc) is 1.69. The highest BCUT2D eigenvalue weighted by molar-refractivity contribution is 6.30. The zero-order valence-corrected chi connectivity index (χ0v) is 4.52. The molecule has 0 nitrogen and oxygen atoms in total. The van der Waals surface area contributed by atoms with Gasteiger partial charge in [-0.15, -0.1) is 0 Å². The molecule has 0 aromatic heterocycles. The first-order valence-corrected chi connectivity index (χ1v) is 2.48. The van der Waals surface area contributed by atoms with Crippen LogP contribution >= 0.6 is 11.6 Å². The van der Waals surface area contributed by atoms with E-state index in [4.69, 9.17) is 11.6 Å². The minimum absolute atomic E-state index is 0.794. The largest absolute Gasteiger partial charge is 0.0843 e. The lowest BCUT2D eigenvalue weighted by Gasteiger charge is -1.80. The predicted molar refractivity (Wildman–Crippen MR) is 31.5 cm³/mol. The molecule has 1 aromatic rings. The molecule has 0 saturated carbocycles. The Morgan fingerprint density at radius 1 is 1.00 bits per heavy atom. The molecule has 0 N–H and O–H groups in total. The lowest BCUT2D eigenvalue weighted by Crippen LogP contribution is -1.55. The van der Waals surface area contributed by atoms with Crippen molar-refractivity contribution in [3.8, 4) is 0 Å². The fraction of sp³-hybridized carbons (Fsp3) is 0. The Balaban J connectivity index is 3.02. The zero-order chi connectivity index (χ0) is 5.11. The van der Waals surface area contributed by atoms with Crippen LogP contribution in [0.4, 0.5) is 0 Å². The van der Waals surface area contributed by atoms with Gasteiger partial charge in [-0.2, -0.15) is 0 Å². The van der Waals surface area contributed by atoms with Gasteiger partial charge in [0, 0.05) is 5.02 Å². The third-order valence-electron chi connectivity index (χ3n) is 0.733. The first kappa shape index (κ1) is 4.66. The van der Waals surface area contributed by atoms with Crippen molar-refractivity contribution in [2.45, 2.75) is 0 Å². The molecule has 0 aliphatic rings. The Morgan fingerprint density at radius 3 is 1.86 bits per heavy atom. The Bertz CT molecular complexity index is 134. The molecule has 0 heterocycles. The zero-order valence-electron chi connectivity index (χ0n) is 3.76. The van der Waals surface area contributed by atoms with Crippen LogP contribution in [0, 0.1) is 0 Å². The quantitative estimate of drug-likeness (QED) is 0.498. The van der Waals surface area contributed by atoms with Gasteiger partial charge >= 0.3 is 0 Å². The third-order valence-corrected chi connectivity index (χ3v) is 0.985. The summed E-state index contributed by atoms with van der Waals surface area (Å²) in [6, 6.07) is 9.44. The molecule has 0 amide bonds. The molecular formula is C6H5Cl. The number of halogens is 1. The Labute approximate surface area is 47.7 Å². The van der Waals surface area contributed by atoms with Crippen LogP contribution in [-0.2, 0) is 0 Å². The molecule has 36 valence electrons. The van der Waals surface area contributed by atoms with Gasteiger partial charge in [0.25, 0.3) is 0 Å². The molecule has 7 heavy (non-hydrogen) atoms. The van der Waals surface area contributed by atoms with E-state index in [1.807, 2.05) is 30.3 Å². The summed E-state index contributed by atoms with van der Waals surface area (Å²) in [6.07, 6.45) is 0. The van der Waals surface area contributed by atoms with Crippen molar-refractivity contribution < 1.29 is 0 Å². The number of hydrogen-bond donors (Lipinski definition) is 0. The molecule has 0 bridgehead atoms. The molecular weight excluding hydrogens is 119 g/mol. The van der Waals surface area contributed by atoms with E-state index in [2.05, 4.69) is 0 Å². The normalized spacial score (nSPS) is 8.71. The van der Waals surface area contributed by atoms with Gasteiger partial charge in [-0.25, -0.2) is 0 Å². The summed E-state index contributed by atoms with van der Waals surface area (Å²) in [4.78, 5) is 0. The fourth-order valence-electron chi connectivity index (χ4n) is 0.415. The Kier molecular flexibility index (Phi) is 1.32. The number of hydrogen-bond acceptors (Lipinski definition) is 0. The Hall–Kier alpha value is -0.490.